The third kappa shape index (κ3) is 3.81. The molecule has 5 aromatic heterocycles. The largest absolute Gasteiger partial charge is 0.456 e. The maximum absolute atomic E-state index is 6.42. The van der Waals surface area contributed by atoms with Crippen molar-refractivity contribution in [3.63, 3.8) is 0 Å². The van der Waals surface area contributed by atoms with Gasteiger partial charge in [0.05, 0.1) is 22.1 Å². The van der Waals surface area contributed by atoms with Crippen LogP contribution in [-0.4, -0.2) is 19.1 Å². The molecule has 7 aromatic carbocycles. The van der Waals surface area contributed by atoms with E-state index in [1.54, 1.807) is 11.3 Å². The standard InChI is InChI=1S/C46H26N4OS/c1-2-10-28(11-3-1)49-36-15-7-4-14-33(36)43-37(49)22-23-38-44(43)34-20-18-27(45-47-26-35-32-13-6-9-17-42(32)52-46(35)48-45)24-39(34)50(38)29-19-21-31-30-12-5-8-16-40(30)51-41(31)25-29/h1-26H. The van der Waals surface area contributed by atoms with Crippen LogP contribution in [0.15, 0.2) is 162 Å². The normalized spacial score (nSPS) is 12.2. The van der Waals surface area contributed by atoms with Gasteiger partial charge in [-0.05, 0) is 60.7 Å². The van der Waals surface area contributed by atoms with Gasteiger partial charge in [0.25, 0.3) is 0 Å². The summed E-state index contributed by atoms with van der Waals surface area (Å²) >= 11 is 1.71. The number of fused-ring (bicyclic) bond motifs is 13. The summed E-state index contributed by atoms with van der Waals surface area (Å²) in [6, 6.07) is 53.9. The molecule has 0 fully saturated rings. The molecular weight excluding hydrogens is 657 g/mol. The number of thiophene rings is 1. The Labute approximate surface area is 300 Å². The van der Waals surface area contributed by atoms with Gasteiger partial charge in [-0.25, -0.2) is 9.97 Å². The number of hydrogen-bond acceptors (Lipinski definition) is 4. The second-order valence-corrected chi connectivity index (χ2v) is 14.4. The van der Waals surface area contributed by atoms with Crippen molar-refractivity contribution in [2.75, 3.05) is 0 Å². The Morgan fingerprint density at radius 1 is 0.462 bits per heavy atom. The first-order valence-electron chi connectivity index (χ1n) is 17.4. The monoisotopic (exact) mass is 682 g/mol. The fraction of sp³-hybridized carbons (Fsp3) is 0. The van der Waals surface area contributed by atoms with E-state index in [1.807, 2.05) is 18.3 Å². The van der Waals surface area contributed by atoms with E-state index >= 15 is 0 Å². The second-order valence-electron chi connectivity index (χ2n) is 13.4. The van der Waals surface area contributed by atoms with Crippen LogP contribution >= 0.6 is 11.3 Å². The molecule has 0 amide bonds. The minimum absolute atomic E-state index is 0.719. The summed E-state index contributed by atoms with van der Waals surface area (Å²) in [5, 5.41) is 9.38. The van der Waals surface area contributed by atoms with Crippen LogP contribution in [0.4, 0.5) is 0 Å². The van der Waals surface area contributed by atoms with Crippen molar-refractivity contribution in [2.45, 2.75) is 0 Å². The Morgan fingerprint density at radius 3 is 2.00 bits per heavy atom. The summed E-state index contributed by atoms with van der Waals surface area (Å²) in [5.74, 6) is 0.719. The molecule has 0 radical (unpaired) electrons. The second kappa shape index (κ2) is 10.4. The number of para-hydroxylation sites is 3. The van der Waals surface area contributed by atoms with Crippen LogP contribution < -0.4 is 0 Å². The SMILES string of the molecule is c1ccc(-n2c3ccccc3c3c4c5ccc(-c6ncc7c(n6)sc6ccccc67)cc5n(-c5ccc6c(c5)oc5ccccc56)c4ccc32)cc1. The lowest BCUT2D eigenvalue weighted by Gasteiger charge is -2.10. The van der Waals surface area contributed by atoms with Crippen molar-refractivity contribution >= 4 is 97.2 Å². The van der Waals surface area contributed by atoms with Gasteiger partial charge < -0.3 is 13.6 Å². The van der Waals surface area contributed by atoms with E-state index in [4.69, 9.17) is 14.4 Å². The van der Waals surface area contributed by atoms with E-state index in [0.717, 1.165) is 66.0 Å². The zero-order chi connectivity index (χ0) is 33.9. The molecule has 6 heteroatoms. The van der Waals surface area contributed by atoms with Crippen molar-refractivity contribution in [1.29, 1.82) is 0 Å². The van der Waals surface area contributed by atoms with E-state index in [-0.39, 0.29) is 0 Å². The number of nitrogens with zero attached hydrogens (tertiary/aromatic N) is 4. The lowest BCUT2D eigenvalue weighted by molar-refractivity contribution is 0.668. The van der Waals surface area contributed by atoms with Gasteiger partial charge in [0.1, 0.15) is 16.0 Å². The van der Waals surface area contributed by atoms with Gasteiger partial charge in [-0.15, -0.1) is 11.3 Å². The lowest BCUT2D eigenvalue weighted by Crippen LogP contribution is -1.95. The third-order valence-electron chi connectivity index (χ3n) is 10.6. The van der Waals surface area contributed by atoms with Crippen LogP contribution in [0.25, 0.3) is 109 Å². The molecule has 0 N–H and O–H groups in total. The van der Waals surface area contributed by atoms with Crippen molar-refractivity contribution in [3.05, 3.63) is 158 Å². The van der Waals surface area contributed by atoms with Gasteiger partial charge in [0, 0.05) is 77.0 Å². The zero-order valence-electron chi connectivity index (χ0n) is 27.6. The smallest absolute Gasteiger partial charge is 0.160 e. The molecule has 0 saturated carbocycles. The zero-order valence-corrected chi connectivity index (χ0v) is 28.4. The highest BCUT2D eigenvalue weighted by Crippen LogP contribution is 2.44. The molecule has 5 nitrogen and oxygen atoms in total. The fourth-order valence-electron chi connectivity index (χ4n) is 8.34. The predicted molar refractivity (Wildman–Crippen MR) is 216 cm³/mol. The summed E-state index contributed by atoms with van der Waals surface area (Å²) in [4.78, 5) is 11.0. The molecule has 0 aliphatic rings. The summed E-state index contributed by atoms with van der Waals surface area (Å²) in [7, 11) is 0. The Kier molecular flexibility index (Phi) is 5.59. The number of hydrogen-bond donors (Lipinski definition) is 0. The number of furan rings is 1. The van der Waals surface area contributed by atoms with Crippen molar-refractivity contribution in [2.24, 2.45) is 0 Å². The number of benzene rings is 7. The first-order valence-corrected chi connectivity index (χ1v) is 18.2. The van der Waals surface area contributed by atoms with E-state index < -0.39 is 0 Å². The van der Waals surface area contributed by atoms with Crippen molar-refractivity contribution < 1.29 is 4.42 Å². The summed E-state index contributed by atoms with van der Waals surface area (Å²) in [5.41, 5.74) is 9.49. The first-order chi connectivity index (χ1) is 25.8. The van der Waals surface area contributed by atoms with Gasteiger partial charge in [0.2, 0.25) is 0 Å². The van der Waals surface area contributed by atoms with E-state index in [1.165, 1.54) is 42.7 Å². The van der Waals surface area contributed by atoms with Gasteiger partial charge in [-0.3, -0.25) is 0 Å². The molecule has 0 spiro atoms. The molecule has 0 saturated heterocycles. The summed E-state index contributed by atoms with van der Waals surface area (Å²) in [6.45, 7) is 0. The number of rotatable bonds is 3. The molecule has 0 unspecified atom stereocenters. The molecule has 0 aliphatic carbocycles. The highest BCUT2D eigenvalue weighted by Gasteiger charge is 2.22. The average molecular weight is 683 g/mol. The molecule has 12 rings (SSSR count). The van der Waals surface area contributed by atoms with Gasteiger partial charge in [-0.2, -0.15) is 0 Å². The van der Waals surface area contributed by atoms with Crippen LogP contribution in [0.1, 0.15) is 0 Å². The summed E-state index contributed by atoms with van der Waals surface area (Å²) in [6.07, 6.45) is 1.98. The predicted octanol–water partition coefficient (Wildman–Crippen LogP) is 12.6. The molecule has 242 valence electrons. The van der Waals surface area contributed by atoms with Crippen LogP contribution in [0, 0.1) is 0 Å². The first kappa shape index (κ1) is 28.0. The van der Waals surface area contributed by atoms with Crippen LogP contribution in [0.3, 0.4) is 0 Å². The fourth-order valence-corrected chi connectivity index (χ4v) is 9.39. The molecule has 5 heterocycles. The molecule has 0 aliphatic heterocycles. The Balaban J connectivity index is 1.18. The van der Waals surface area contributed by atoms with Crippen molar-refractivity contribution in [1.82, 2.24) is 19.1 Å². The molecule has 12 aromatic rings. The van der Waals surface area contributed by atoms with E-state index in [0.29, 0.717) is 0 Å². The van der Waals surface area contributed by atoms with E-state index in [2.05, 4.69) is 149 Å². The summed E-state index contributed by atoms with van der Waals surface area (Å²) < 4.78 is 12.4. The van der Waals surface area contributed by atoms with Gasteiger partial charge >= 0.3 is 0 Å². The quantitative estimate of drug-likeness (QED) is 0.186. The maximum atomic E-state index is 6.42. The topological polar surface area (TPSA) is 48.8 Å². The van der Waals surface area contributed by atoms with Crippen LogP contribution in [-0.2, 0) is 0 Å². The Hall–Kier alpha value is -6.76. The maximum Gasteiger partial charge on any atom is 0.160 e. The van der Waals surface area contributed by atoms with Crippen LogP contribution in [0.5, 0.6) is 0 Å². The minimum atomic E-state index is 0.719. The lowest BCUT2D eigenvalue weighted by atomic mass is 10.0. The molecular formula is C46H26N4OS. The Morgan fingerprint density at radius 2 is 1.13 bits per heavy atom. The Bertz CT molecular complexity index is 3420. The van der Waals surface area contributed by atoms with Gasteiger partial charge in [0.15, 0.2) is 5.82 Å². The van der Waals surface area contributed by atoms with E-state index in [9.17, 15) is 0 Å². The number of aromatic nitrogens is 4. The highest BCUT2D eigenvalue weighted by atomic mass is 32.1. The van der Waals surface area contributed by atoms with Crippen LogP contribution in [0.2, 0.25) is 0 Å². The van der Waals surface area contributed by atoms with Gasteiger partial charge in [-0.1, -0.05) is 84.9 Å². The third-order valence-corrected chi connectivity index (χ3v) is 11.7. The molecule has 0 atom stereocenters. The minimum Gasteiger partial charge on any atom is -0.456 e. The average Bonchev–Trinajstić information content (AvgIpc) is 3.94. The molecule has 52 heavy (non-hydrogen) atoms. The van der Waals surface area contributed by atoms with Crippen molar-refractivity contribution in [3.8, 4) is 22.8 Å². The highest BCUT2D eigenvalue weighted by molar-refractivity contribution is 7.25. The molecule has 0 bridgehead atoms.